The summed E-state index contributed by atoms with van der Waals surface area (Å²) in [7, 11) is 0. The van der Waals surface area contributed by atoms with Crippen molar-refractivity contribution in [3.63, 3.8) is 0 Å². The van der Waals surface area contributed by atoms with Crippen LogP contribution in [0.1, 0.15) is 56.1 Å². The first-order chi connectivity index (χ1) is 14.7. The van der Waals surface area contributed by atoms with Crippen LogP contribution in [0.3, 0.4) is 0 Å². The number of carbonyl (C=O) groups excluding carboxylic acids is 1. The van der Waals surface area contributed by atoms with Crippen LogP contribution in [0.25, 0.3) is 0 Å². The van der Waals surface area contributed by atoms with E-state index in [0.717, 1.165) is 12.0 Å². The number of rotatable bonds is 6. The summed E-state index contributed by atoms with van der Waals surface area (Å²) in [6.07, 6.45) is -2.37. The molecule has 1 aromatic rings. The monoisotopic (exact) mass is 438 g/mol. The van der Waals surface area contributed by atoms with E-state index in [1.165, 1.54) is 0 Å². The van der Waals surface area contributed by atoms with Gasteiger partial charge in [0.2, 0.25) is 5.91 Å². The second kappa shape index (κ2) is 9.58. The number of nitrogens with zero attached hydrogens (tertiary/aromatic N) is 2. The standard InChI is InChI=1S/C23H29F3N2O3/c1-16(5-6-20(14-29)23(24,25)26)21(30)28-9-7-22(8-10-28)12-19(15-31-22)18-4-2-3-17(11-18)13-27/h2-4,11,16,19-20,29H,5-10,12,14-15H2,1H3. The van der Waals surface area contributed by atoms with E-state index in [1.54, 1.807) is 17.9 Å². The summed E-state index contributed by atoms with van der Waals surface area (Å²) in [5.74, 6) is -2.22. The van der Waals surface area contributed by atoms with Gasteiger partial charge in [0.1, 0.15) is 0 Å². The van der Waals surface area contributed by atoms with Gasteiger partial charge in [-0.25, -0.2) is 0 Å². The van der Waals surface area contributed by atoms with Gasteiger partial charge >= 0.3 is 6.18 Å². The van der Waals surface area contributed by atoms with Crippen molar-refractivity contribution in [2.75, 3.05) is 26.3 Å². The highest BCUT2D eigenvalue weighted by atomic mass is 19.4. The number of hydrogen-bond acceptors (Lipinski definition) is 4. The molecule has 0 radical (unpaired) electrons. The molecule has 1 spiro atoms. The lowest BCUT2D eigenvalue weighted by Crippen LogP contribution is -2.48. The van der Waals surface area contributed by atoms with Crippen molar-refractivity contribution in [2.24, 2.45) is 11.8 Å². The predicted molar refractivity (Wildman–Crippen MR) is 108 cm³/mol. The molecule has 1 amide bonds. The maximum atomic E-state index is 12.8. The third kappa shape index (κ3) is 5.58. The maximum Gasteiger partial charge on any atom is 0.394 e. The van der Waals surface area contributed by atoms with Gasteiger partial charge in [0.05, 0.1) is 36.4 Å². The largest absolute Gasteiger partial charge is 0.396 e. The first kappa shape index (κ1) is 23.6. The summed E-state index contributed by atoms with van der Waals surface area (Å²) in [4.78, 5) is 14.4. The van der Waals surface area contributed by atoms with E-state index in [0.29, 0.717) is 38.1 Å². The molecule has 2 fully saturated rings. The number of ether oxygens (including phenoxy) is 1. The lowest BCUT2D eigenvalue weighted by molar-refractivity contribution is -0.186. The Labute approximate surface area is 180 Å². The van der Waals surface area contributed by atoms with Crippen LogP contribution in [0.15, 0.2) is 24.3 Å². The van der Waals surface area contributed by atoms with Crippen LogP contribution in [0.4, 0.5) is 13.2 Å². The van der Waals surface area contributed by atoms with Gasteiger partial charge in [-0.15, -0.1) is 0 Å². The van der Waals surface area contributed by atoms with Crippen molar-refractivity contribution in [3.8, 4) is 6.07 Å². The van der Waals surface area contributed by atoms with Crippen molar-refractivity contribution < 1.29 is 27.8 Å². The summed E-state index contributed by atoms with van der Waals surface area (Å²) in [6.45, 7) is 2.33. The van der Waals surface area contributed by atoms with E-state index < -0.39 is 24.6 Å². The van der Waals surface area contributed by atoms with Gasteiger partial charge in [0.15, 0.2) is 0 Å². The molecule has 8 heteroatoms. The van der Waals surface area contributed by atoms with Crippen LogP contribution in [0.5, 0.6) is 0 Å². The van der Waals surface area contributed by atoms with Crippen LogP contribution in [-0.4, -0.2) is 54.0 Å². The number of aliphatic hydroxyl groups excluding tert-OH is 1. The predicted octanol–water partition coefficient (Wildman–Crippen LogP) is 4.01. The molecule has 3 atom stereocenters. The molecule has 0 aromatic heterocycles. The molecule has 170 valence electrons. The molecule has 1 aromatic carbocycles. The van der Waals surface area contributed by atoms with Gasteiger partial charge in [0.25, 0.3) is 0 Å². The highest BCUT2D eigenvalue weighted by molar-refractivity contribution is 5.78. The fraction of sp³-hybridized carbons (Fsp3) is 0.652. The zero-order valence-corrected chi connectivity index (χ0v) is 17.7. The molecule has 0 saturated carbocycles. The van der Waals surface area contributed by atoms with Gasteiger partial charge in [-0.2, -0.15) is 18.4 Å². The van der Waals surface area contributed by atoms with E-state index in [4.69, 9.17) is 15.1 Å². The van der Waals surface area contributed by atoms with Crippen LogP contribution in [-0.2, 0) is 9.53 Å². The number of benzene rings is 1. The molecule has 31 heavy (non-hydrogen) atoms. The van der Waals surface area contributed by atoms with Crippen LogP contribution < -0.4 is 0 Å². The third-order valence-electron chi connectivity index (χ3n) is 6.74. The number of halogens is 3. The lowest BCUT2D eigenvalue weighted by atomic mass is 9.82. The van der Waals surface area contributed by atoms with Gasteiger partial charge in [-0.1, -0.05) is 19.1 Å². The maximum absolute atomic E-state index is 12.8. The molecule has 5 nitrogen and oxygen atoms in total. The van der Waals surface area contributed by atoms with E-state index in [1.807, 2.05) is 18.2 Å². The Morgan fingerprint density at radius 1 is 1.35 bits per heavy atom. The number of carbonyl (C=O) groups is 1. The summed E-state index contributed by atoms with van der Waals surface area (Å²) in [5.41, 5.74) is 1.43. The van der Waals surface area contributed by atoms with Crippen LogP contribution in [0.2, 0.25) is 0 Å². The number of piperidine rings is 1. The van der Waals surface area contributed by atoms with Crippen molar-refractivity contribution in [1.82, 2.24) is 4.90 Å². The zero-order chi connectivity index (χ0) is 22.6. The van der Waals surface area contributed by atoms with E-state index >= 15 is 0 Å². The Bertz CT molecular complexity index is 813. The Morgan fingerprint density at radius 3 is 2.68 bits per heavy atom. The smallest absolute Gasteiger partial charge is 0.394 e. The third-order valence-corrected chi connectivity index (χ3v) is 6.74. The number of amides is 1. The molecule has 2 aliphatic heterocycles. The molecule has 0 bridgehead atoms. The van der Waals surface area contributed by atoms with E-state index in [2.05, 4.69) is 6.07 Å². The summed E-state index contributed by atoms with van der Waals surface area (Å²) >= 11 is 0. The van der Waals surface area contributed by atoms with Crippen molar-refractivity contribution in [2.45, 2.75) is 56.7 Å². The SMILES string of the molecule is CC(CCC(CO)C(F)(F)F)C(=O)N1CCC2(CC1)CC(c1cccc(C#N)c1)CO2. The summed E-state index contributed by atoms with van der Waals surface area (Å²) < 4.78 is 44.6. The molecule has 1 N–H and O–H groups in total. The van der Waals surface area contributed by atoms with Crippen LogP contribution >= 0.6 is 0 Å². The molecular formula is C23H29F3N2O3. The van der Waals surface area contributed by atoms with E-state index in [-0.39, 0.29) is 30.3 Å². The molecule has 3 rings (SSSR count). The first-order valence-electron chi connectivity index (χ1n) is 10.8. The molecule has 0 aliphatic carbocycles. The van der Waals surface area contributed by atoms with Crippen LogP contribution in [0, 0.1) is 23.2 Å². The Balaban J connectivity index is 1.51. The van der Waals surface area contributed by atoms with Gasteiger partial charge < -0.3 is 14.7 Å². The molecule has 2 aliphatic rings. The molecule has 2 heterocycles. The number of hydrogen-bond donors (Lipinski definition) is 1. The second-order valence-corrected chi connectivity index (χ2v) is 8.86. The summed E-state index contributed by atoms with van der Waals surface area (Å²) in [5, 5.41) is 18.1. The molecule has 2 saturated heterocycles. The van der Waals surface area contributed by atoms with Gasteiger partial charge in [0, 0.05) is 24.9 Å². The number of nitriles is 1. The van der Waals surface area contributed by atoms with Gasteiger partial charge in [-0.05, 0) is 49.8 Å². The fourth-order valence-electron chi connectivity index (χ4n) is 4.65. The number of alkyl halides is 3. The normalized spacial score (nSPS) is 22.8. The number of likely N-dealkylation sites (tertiary alicyclic amines) is 1. The van der Waals surface area contributed by atoms with E-state index in [9.17, 15) is 18.0 Å². The quantitative estimate of drug-likeness (QED) is 0.728. The Morgan fingerprint density at radius 2 is 2.06 bits per heavy atom. The highest BCUT2D eigenvalue weighted by Gasteiger charge is 2.44. The second-order valence-electron chi connectivity index (χ2n) is 8.86. The lowest BCUT2D eigenvalue weighted by Gasteiger charge is -2.39. The van der Waals surface area contributed by atoms with Crippen molar-refractivity contribution >= 4 is 5.91 Å². The summed E-state index contributed by atoms with van der Waals surface area (Å²) in [6, 6.07) is 9.72. The molecular weight excluding hydrogens is 409 g/mol. The Kier molecular flexibility index (Phi) is 7.28. The minimum absolute atomic E-state index is 0.0963. The van der Waals surface area contributed by atoms with Crippen molar-refractivity contribution in [3.05, 3.63) is 35.4 Å². The average molecular weight is 438 g/mol. The highest BCUT2D eigenvalue weighted by Crippen LogP contribution is 2.43. The fourth-order valence-corrected chi connectivity index (χ4v) is 4.65. The van der Waals surface area contributed by atoms with Gasteiger partial charge in [-0.3, -0.25) is 4.79 Å². The minimum atomic E-state index is -4.45. The van der Waals surface area contributed by atoms with Crippen molar-refractivity contribution in [1.29, 1.82) is 5.26 Å². The zero-order valence-electron chi connectivity index (χ0n) is 17.7. The topological polar surface area (TPSA) is 73.6 Å². The first-order valence-corrected chi connectivity index (χ1v) is 10.8. The minimum Gasteiger partial charge on any atom is -0.396 e. The Hall–Kier alpha value is -2.11. The average Bonchev–Trinajstić information content (AvgIpc) is 3.16. The molecule has 3 unspecified atom stereocenters. The number of aliphatic hydroxyl groups is 1.